The molecular formula is C18H20ClFN2O3S. The number of aryl methyl sites for hydroxylation is 1. The lowest BCUT2D eigenvalue weighted by molar-refractivity contribution is -0.116. The van der Waals surface area contributed by atoms with Crippen LogP contribution < -0.4 is 9.62 Å². The van der Waals surface area contributed by atoms with Crippen LogP contribution in [0.4, 0.5) is 15.8 Å². The third-order valence-electron chi connectivity index (χ3n) is 3.87. The van der Waals surface area contributed by atoms with E-state index in [4.69, 9.17) is 11.6 Å². The van der Waals surface area contributed by atoms with Crippen LogP contribution in [0, 0.1) is 5.82 Å². The molecule has 0 saturated carbocycles. The lowest BCUT2D eigenvalue weighted by Gasteiger charge is -2.28. The summed E-state index contributed by atoms with van der Waals surface area (Å²) in [6.07, 6.45) is 1.86. The number of hydrogen-bond donors (Lipinski definition) is 1. The number of hydrogen-bond acceptors (Lipinski definition) is 3. The Kier molecular flexibility index (Phi) is 6.26. The lowest BCUT2D eigenvalue weighted by atomic mass is 10.1. The number of carbonyl (C=O) groups excluding carboxylic acids is 1. The minimum atomic E-state index is -3.70. The highest BCUT2D eigenvalue weighted by Crippen LogP contribution is 2.23. The van der Waals surface area contributed by atoms with Crippen molar-refractivity contribution in [2.45, 2.75) is 26.3 Å². The first-order valence-electron chi connectivity index (χ1n) is 7.97. The van der Waals surface area contributed by atoms with Gasteiger partial charge in [0.25, 0.3) is 0 Å². The zero-order valence-electron chi connectivity index (χ0n) is 14.7. The standard InChI is InChI=1S/C18H20ClFN2O3S/c1-4-13-5-8-15(9-6-13)22(26(3,24)25)12(2)18(23)21-14-7-10-17(20)16(19)11-14/h5-12H,4H2,1-3H3,(H,21,23)/t12-/m1/s1. The number of sulfonamides is 1. The number of nitrogens with zero attached hydrogens (tertiary/aromatic N) is 1. The molecule has 0 bridgehead atoms. The van der Waals surface area contributed by atoms with E-state index in [-0.39, 0.29) is 10.7 Å². The molecule has 0 aliphatic carbocycles. The fourth-order valence-electron chi connectivity index (χ4n) is 2.51. The van der Waals surface area contributed by atoms with E-state index < -0.39 is 27.8 Å². The van der Waals surface area contributed by atoms with Gasteiger partial charge in [-0.25, -0.2) is 12.8 Å². The second kappa shape index (κ2) is 8.05. The summed E-state index contributed by atoms with van der Waals surface area (Å²) in [4.78, 5) is 12.5. The summed E-state index contributed by atoms with van der Waals surface area (Å²) < 4.78 is 38.8. The average Bonchev–Trinajstić information content (AvgIpc) is 2.57. The molecule has 0 aliphatic rings. The first-order valence-corrected chi connectivity index (χ1v) is 10.2. The van der Waals surface area contributed by atoms with Crippen molar-refractivity contribution in [1.29, 1.82) is 0 Å². The molecule has 26 heavy (non-hydrogen) atoms. The molecule has 2 rings (SSSR count). The second-order valence-corrected chi connectivity index (χ2v) is 8.14. The van der Waals surface area contributed by atoms with Crippen molar-refractivity contribution in [2.24, 2.45) is 0 Å². The van der Waals surface area contributed by atoms with Crippen LogP contribution in [0.15, 0.2) is 42.5 Å². The van der Waals surface area contributed by atoms with Crippen LogP contribution in [0.1, 0.15) is 19.4 Å². The molecule has 0 unspecified atom stereocenters. The SMILES string of the molecule is CCc1ccc(N([C@H](C)C(=O)Nc2ccc(F)c(Cl)c2)S(C)(=O)=O)cc1. The third kappa shape index (κ3) is 4.74. The number of anilines is 2. The van der Waals surface area contributed by atoms with Crippen molar-refractivity contribution in [2.75, 3.05) is 15.9 Å². The molecular weight excluding hydrogens is 379 g/mol. The van der Waals surface area contributed by atoms with Crippen molar-refractivity contribution in [1.82, 2.24) is 0 Å². The van der Waals surface area contributed by atoms with Crippen molar-refractivity contribution in [3.63, 3.8) is 0 Å². The number of nitrogens with one attached hydrogen (secondary N) is 1. The van der Waals surface area contributed by atoms with Crippen molar-refractivity contribution < 1.29 is 17.6 Å². The summed E-state index contributed by atoms with van der Waals surface area (Å²) in [5, 5.41) is 2.42. The van der Waals surface area contributed by atoms with Crippen molar-refractivity contribution in [3.8, 4) is 0 Å². The van der Waals surface area contributed by atoms with Crippen molar-refractivity contribution in [3.05, 3.63) is 58.9 Å². The summed E-state index contributed by atoms with van der Waals surface area (Å²) in [5.74, 6) is -1.16. The quantitative estimate of drug-likeness (QED) is 0.804. The molecule has 0 spiro atoms. The van der Waals surface area contributed by atoms with Gasteiger partial charge >= 0.3 is 0 Å². The summed E-state index contributed by atoms with van der Waals surface area (Å²) in [6.45, 7) is 3.47. The Morgan fingerprint density at radius 3 is 2.35 bits per heavy atom. The Labute approximate surface area is 157 Å². The van der Waals surface area contributed by atoms with Crippen LogP contribution in [0.2, 0.25) is 5.02 Å². The van der Waals surface area contributed by atoms with E-state index in [0.29, 0.717) is 5.69 Å². The van der Waals surface area contributed by atoms with Gasteiger partial charge in [0.2, 0.25) is 15.9 Å². The van der Waals surface area contributed by atoms with Gasteiger partial charge < -0.3 is 5.32 Å². The molecule has 1 N–H and O–H groups in total. The highest BCUT2D eigenvalue weighted by atomic mass is 35.5. The molecule has 0 aliphatic heterocycles. The van der Waals surface area contributed by atoms with E-state index in [1.54, 1.807) is 12.1 Å². The van der Waals surface area contributed by atoms with Gasteiger partial charge in [0, 0.05) is 5.69 Å². The van der Waals surface area contributed by atoms with E-state index in [2.05, 4.69) is 5.32 Å². The van der Waals surface area contributed by atoms with Gasteiger partial charge in [0.15, 0.2) is 0 Å². The smallest absolute Gasteiger partial charge is 0.247 e. The van der Waals surface area contributed by atoms with Crippen LogP contribution >= 0.6 is 11.6 Å². The largest absolute Gasteiger partial charge is 0.324 e. The molecule has 1 amide bonds. The predicted octanol–water partition coefficient (Wildman–Crippen LogP) is 3.83. The molecule has 0 aromatic heterocycles. The average molecular weight is 399 g/mol. The minimum absolute atomic E-state index is 0.134. The number of carbonyl (C=O) groups is 1. The zero-order valence-corrected chi connectivity index (χ0v) is 16.2. The van der Waals surface area contributed by atoms with Gasteiger partial charge in [-0.3, -0.25) is 9.10 Å². The van der Waals surface area contributed by atoms with Gasteiger partial charge in [0.1, 0.15) is 11.9 Å². The summed E-state index contributed by atoms with van der Waals surface area (Å²) in [7, 11) is -3.70. The van der Waals surface area contributed by atoms with Crippen LogP contribution in [-0.2, 0) is 21.2 Å². The Hall–Kier alpha value is -2.12. The number of amides is 1. The Bertz CT molecular complexity index is 901. The van der Waals surface area contributed by atoms with Crippen LogP contribution in [-0.4, -0.2) is 26.6 Å². The highest BCUT2D eigenvalue weighted by molar-refractivity contribution is 7.92. The molecule has 5 nitrogen and oxygen atoms in total. The minimum Gasteiger partial charge on any atom is -0.324 e. The van der Waals surface area contributed by atoms with E-state index in [9.17, 15) is 17.6 Å². The molecule has 8 heteroatoms. The molecule has 1 atom stereocenters. The number of halogens is 2. The molecule has 0 radical (unpaired) electrons. The normalized spacial score (nSPS) is 12.5. The van der Waals surface area contributed by atoms with Crippen LogP contribution in [0.3, 0.4) is 0 Å². The molecule has 2 aromatic carbocycles. The summed E-state index contributed by atoms with van der Waals surface area (Å²) >= 11 is 5.70. The molecule has 0 heterocycles. The van der Waals surface area contributed by atoms with E-state index in [1.165, 1.54) is 19.1 Å². The second-order valence-electron chi connectivity index (χ2n) is 5.87. The fourth-order valence-corrected chi connectivity index (χ4v) is 3.86. The monoisotopic (exact) mass is 398 g/mol. The van der Waals surface area contributed by atoms with Gasteiger partial charge in [-0.1, -0.05) is 30.7 Å². The van der Waals surface area contributed by atoms with Gasteiger partial charge in [-0.05, 0) is 49.2 Å². The van der Waals surface area contributed by atoms with E-state index in [1.807, 2.05) is 19.1 Å². The maximum absolute atomic E-state index is 13.2. The summed E-state index contributed by atoms with van der Waals surface area (Å²) in [5.41, 5.74) is 1.73. The van der Waals surface area contributed by atoms with Crippen molar-refractivity contribution >= 4 is 38.9 Å². The van der Waals surface area contributed by atoms with Gasteiger partial charge in [-0.2, -0.15) is 0 Å². The molecule has 0 fully saturated rings. The van der Waals surface area contributed by atoms with E-state index >= 15 is 0 Å². The molecule has 0 saturated heterocycles. The first-order chi connectivity index (χ1) is 12.1. The van der Waals surface area contributed by atoms with Gasteiger partial charge in [0.05, 0.1) is 17.0 Å². The Balaban J connectivity index is 2.29. The first kappa shape index (κ1) is 20.2. The molecule has 2 aromatic rings. The van der Waals surface area contributed by atoms with E-state index in [0.717, 1.165) is 28.6 Å². The lowest BCUT2D eigenvalue weighted by Crippen LogP contribution is -2.45. The topological polar surface area (TPSA) is 66.5 Å². The Morgan fingerprint density at radius 1 is 1.23 bits per heavy atom. The number of benzene rings is 2. The maximum Gasteiger partial charge on any atom is 0.247 e. The number of rotatable bonds is 6. The zero-order chi connectivity index (χ0) is 19.5. The maximum atomic E-state index is 13.2. The fraction of sp³-hybridized carbons (Fsp3) is 0.278. The Morgan fingerprint density at radius 2 is 1.85 bits per heavy atom. The van der Waals surface area contributed by atoms with Crippen LogP contribution in [0.5, 0.6) is 0 Å². The third-order valence-corrected chi connectivity index (χ3v) is 5.41. The van der Waals surface area contributed by atoms with Gasteiger partial charge in [-0.15, -0.1) is 0 Å². The predicted molar refractivity (Wildman–Crippen MR) is 103 cm³/mol. The summed E-state index contributed by atoms with van der Waals surface area (Å²) in [6, 6.07) is 9.70. The van der Waals surface area contributed by atoms with Crippen LogP contribution in [0.25, 0.3) is 0 Å². The highest BCUT2D eigenvalue weighted by Gasteiger charge is 2.29. The molecule has 140 valence electrons.